The van der Waals surface area contributed by atoms with Gasteiger partial charge in [0, 0.05) is 45.0 Å². The van der Waals surface area contributed by atoms with Crippen molar-refractivity contribution in [1.29, 1.82) is 0 Å². The first-order valence-corrected chi connectivity index (χ1v) is 19.8. The van der Waals surface area contributed by atoms with Crippen LogP contribution in [0.5, 0.6) is 0 Å². The van der Waals surface area contributed by atoms with E-state index in [-0.39, 0.29) is 53.5 Å². The molecule has 0 aromatic heterocycles. The molecule has 0 bridgehead atoms. The van der Waals surface area contributed by atoms with E-state index in [9.17, 15) is 0 Å². The van der Waals surface area contributed by atoms with Crippen LogP contribution in [0, 0.1) is 6.92 Å². The van der Waals surface area contributed by atoms with E-state index in [1.54, 1.807) is 0 Å². The van der Waals surface area contributed by atoms with E-state index in [1.807, 2.05) is 0 Å². The van der Waals surface area contributed by atoms with Crippen molar-refractivity contribution in [1.82, 2.24) is 19.6 Å². The van der Waals surface area contributed by atoms with Crippen LogP contribution in [0.4, 0.5) is 5.69 Å². The van der Waals surface area contributed by atoms with Crippen molar-refractivity contribution in [2.45, 2.75) is 85.5 Å². The second kappa shape index (κ2) is 30.2. The number of nitrogens with zero attached hydrogens (tertiary/aromatic N) is 5. The molecule has 306 valence electrons. The Morgan fingerprint density at radius 3 is 1.18 bits per heavy atom. The zero-order chi connectivity index (χ0) is 40.0. The van der Waals surface area contributed by atoms with Crippen molar-refractivity contribution < 1.29 is 64.0 Å². The van der Waals surface area contributed by atoms with Gasteiger partial charge < -0.3 is 48.5 Å². The minimum absolute atomic E-state index is 0. The van der Waals surface area contributed by atoms with Gasteiger partial charge >= 0.3 is 29.6 Å². The molecule has 0 spiro atoms. The van der Waals surface area contributed by atoms with Gasteiger partial charge in [-0.15, -0.1) is 0 Å². The van der Waals surface area contributed by atoms with E-state index < -0.39 is 0 Å². The van der Waals surface area contributed by atoms with Gasteiger partial charge in [0.25, 0.3) is 0 Å². The number of aryl methyl sites for hydroxylation is 1. The topological polar surface area (TPSA) is 56.7 Å². The van der Waals surface area contributed by atoms with Gasteiger partial charge in [-0.25, -0.2) is 0 Å². The molecule has 56 heavy (non-hydrogen) atoms. The molecular weight excluding hydrogens is 814 g/mol. The van der Waals surface area contributed by atoms with Crippen LogP contribution >= 0.6 is 0 Å². The van der Waals surface area contributed by atoms with Crippen molar-refractivity contribution >= 4 is 5.69 Å². The molecule has 4 aromatic carbocycles. The zero-order valence-corrected chi connectivity index (χ0v) is 41.2. The van der Waals surface area contributed by atoms with Crippen LogP contribution in [0.2, 0.25) is 0 Å². The molecule has 0 aliphatic rings. The zero-order valence-electron chi connectivity index (χ0n) is 37.1. The third-order valence-electron chi connectivity index (χ3n) is 9.42. The van der Waals surface area contributed by atoms with E-state index in [4.69, 9.17) is 10.5 Å². The van der Waals surface area contributed by atoms with Crippen molar-refractivity contribution in [2.24, 2.45) is 0 Å². The average Bonchev–Trinajstić information content (AvgIpc) is 3.12. The monoisotopic (exact) mass is 887 g/mol. The maximum absolute atomic E-state index is 6.00. The summed E-state index contributed by atoms with van der Waals surface area (Å²) in [6, 6.07) is 31.7. The number of hydrogen-bond acceptors (Lipinski definition) is 7. The molecule has 4 rings (SSSR count). The van der Waals surface area contributed by atoms with Gasteiger partial charge in [-0.2, -0.15) is 0 Å². The Labute approximate surface area is 381 Å². The Morgan fingerprint density at radius 1 is 0.446 bits per heavy atom. The van der Waals surface area contributed by atoms with E-state index in [0.29, 0.717) is 0 Å². The maximum atomic E-state index is 6.00. The van der Waals surface area contributed by atoms with Crippen LogP contribution in [0.25, 0.3) is 0 Å². The molecule has 0 heterocycles. The summed E-state index contributed by atoms with van der Waals surface area (Å²) >= 11 is 0. The number of halogens is 1. The van der Waals surface area contributed by atoms with Crippen LogP contribution in [0.1, 0.15) is 89.6 Å². The fourth-order valence-corrected chi connectivity index (χ4v) is 6.81. The number of anilines is 1. The summed E-state index contributed by atoms with van der Waals surface area (Å²) in [6.45, 7) is 13.0. The van der Waals surface area contributed by atoms with Gasteiger partial charge in [-0.05, 0) is 146 Å². The second-order valence-electron chi connectivity index (χ2n) is 15.8. The van der Waals surface area contributed by atoms with Crippen LogP contribution in [0.3, 0.4) is 0 Å². The molecule has 0 unspecified atom stereocenters. The number of benzene rings is 4. The van der Waals surface area contributed by atoms with Gasteiger partial charge in [0.2, 0.25) is 0 Å². The molecule has 0 aliphatic carbocycles. The van der Waals surface area contributed by atoms with Gasteiger partial charge in [0.05, 0.1) is 0 Å². The molecule has 4 aromatic rings. The van der Waals surface area contributed by atoms with E-state index >= 15 is 0 Å². The summed E-state index contributed by atoms with van der Waals surface area (Å²) in [5.41, 5.74) is 14.2. The first-order chi connectivity index (χ1) is 25.9. The van der Waals surface area contributed by atoms with Crippen LogP contribution in [0.15, 0.2) is 84.9 Å². The van der Waals surface area contributed by atoms with Gasteiger partial charge in [-0.3, -0.25) is 10.5 Å². The Morgan fingerprint density at radius 2 is 0.786 bits per heavy atom. The van der Waals surface area contributed by atoms with Gasteiger partial charge in [0.1, 0.15) is 0 Å². The fraction of sp³-hybridized carbons (Fsp3) is 0.489. The number of unbranched alkanes of at least 4 members (excludes halogenated alkanes) is 2. The van der Waals surface area contributed by atoms with Gasteiger partial charge in [-0.1, -0.05) is 105 Å². The molecule has 7 nitrogen and oxygen atoms in total. The molecule has 0 saturated heterocycles. The summed E-state index contributed by atoms with van der Waals surface area (Å²) < 4.78 is 0. The third kappa shape index (κ3) is 20.2. The molecule has 0 atom stereocenters. The molecule has 2 N–H and O–H groups in total. The molecule has 0 radical (unpaired) electrons. The minimum atomic E-state index is 0. The predicted molar refractivity (Wildman–Crippen MR) is 233 cm³/mol. The van der Waals surface area contributed by atoms with Crippen molar-refractivity contribution in [3.8, 4) is 0 Å². The standard InChI is InChI=1S/C27H43N3.C20H28N2.HI.Na.H2O2/c1-7-9-17-30(18-10-8-2)27-16-15-24(26(20-27)22-29(5)6)19-23-13-11-12-14-25(23)21-28(3)4;1-16-10-11-18(20(12-16)15-22(4)5)13-17-8-6-7-9-19(17)14-21(2)3;;;1-2/h11-16,20H,7-10,17-19,21-22H2,1-6H3;6-12H,13-15H2,1-5H3;1H;;1-2H/q;;;+1;/p-1/i;;1-2;;. The predicted octanol–water partition coefficient (Wildman–Crippen LogP) is 3.54. The fourth-order valence-electron chi connectivity index (χ4n) is 6.81. The average molecular weight is 888 g/mol. The molecule has 0 amide bonds. The quantitative estimate of drug-likeness (QED) is 0.0648. The molecule has 0 saturated carbocycles. The Bertz CT molecular complexity index is 1620. The maximum Gasteiger partial charge on any atom is 1.00 e. The van der Waals surface area contributed by atoms with E-state index in [2.05, 4.69) is 187 Å². The normalized spacial score (nSPS) is 10.7. The SMILES string of the molecule is CCCCN(CCCC)c1ccc(Cc2ccccc2CN(C)C)c(CN(C)C)c1.Cc1ccc(Cc2ccccc2CN(C)C)c(CN(C)C)c1.OO.[125I-].[Na+]. The molecule has 0 fully saturated rings. The third-order valence-corrected chi connectivity index (χ3v) is 9.42. The molecule has 0 aliphatic heterocycles. The second-order valence-corrected chi connectivity index (χ2v) is 15.8. The summed E-state index contributed by atoms with van der Waals surface area (Å²) in [5, 5.41) is 12.0. The Hall–Kier alpha value is -1.83. The summed E-state index contributed by atoms with van der Waals surface area (Å²) in [5.74, 6) is 0. The van der Waals surface area contributed by atoms with Crippen molar-refractivity contribution in [3.63, 3.8) is 0 Å². The van der Waals surface area contributed by atoms with Crippen LogP contribution < -0.4 is 58.4 Å². The summed E-state index contributed by atoms with van der Waals surface area (Å²) in [7, 11) is 17.1. The van der Waals surface area contributed by atoms with E-state index in [1.165, 1.54) is 81.4 Å². The smallest absolute Gasteiger partial charge is 1.00 e. The minimum Gasteiger partial charge on any atom is -1.00 e. The number of hydrogen-bond donors (Lipinski definition) is 2. The number of rotatable bonds is 19. The molecule has 9 heteroatoms. The van der Waals surface area contributed by atoms with Gasteiger partial charge in [0.15, 0.2) is 0 Å². The van der Waals surface area contributed by atoms with Crippen molar-refractivity contribution in [3.05, 3.63) is 135 Å². The van der Waals surface area contributed by atoms with Crippen molar-refractivity contribution in [2.75, 3.05) is 74.4 Å². The first kappa shape index (κ1) is 54.2. The van der Waals surface area contributed by atoms with E-state index in [0.717, 1.165) is 52.1 Å². The Balaban J connectivity index is 0.00000104. The first-order valence-electron chi connectivity index (χ1n) is 19.8. The largest absolute Gasteiger partial charge is 1.00 e. The Kier molecular flexibility index (Phi) is 29.3. The summed E-state index contributed by atoms with van der Waals surface area (Å²) in [4.78, 5) is 11.6. The van der Waals surface area contributed by atoms with Crippen LogP contribution in [-0.4, -0.2) is 99.6 Å². The van der Waals surface area contributed by atoms with Crippen LogP contribution in [-0.2, 0) is 39.0 Å². The summed E-state index contributed by atoms with van der Waals surface area (Å²) in [6.07, 6.45) is 7.01. The molecular formula is C47H73IN5NaO2.